The van der Waals surface area contributed by atoms with Gasteiger partial charge in [-0.2, -0.15) is 0 Å². The summed E-state index contributed by atoms with van der Waals surface area (Å²) in [6, 6.07) is 14.0. The Bertz CT molecular complexity index is 1270. The highest BCUT2D eigenvalue weighted by Crippen LogP contribution is 2.42. The van der Waals surface area contributed by atoms with E-state index in [1.54, 1.807) is 6.20 Å². The van der Waals surface area contributed by atoms with Gasteiger partial charge in [-0.15, -0.1) is 0 Å². The molecule has 4 rings (SSSR count). The van der Waals surface area contributed by atoms with Gasteiger partial charge in [0.15, 0.2) is 6.10 Å². The predicted molar refractivity (Wildman–Crippen MR) is 163 cm³/mol. The van der Waals surface area contributed by atoms with Gasteiger partial charge >= 0.3 is 5.97 Å². The molecular weight excluding hydrogens is 514 g/mol. The van der Waals surface area contributed by atoms with E-state index < -0.39 is 6.10 Å². The van der Waals surface area contributed by atoms with Crippen LogP contribution in [0.1, 0.15) is 83.2 Å². The summed E-state index contributed by atoms with van der Waals surface area (Å²) in [7, 11) is 0. The number of carbonyl (C=O) groups is 1. The van der Waals surface area contributed by atoms with Gasteiger partial charge in [0.25, 0.3) is 0 Å². The fourth-order valence-electron chi connectivity index (χ4n) is 5.06. The molecule has 0 N–H and O–H groups in total. The summed E-state index contributed by atoms with van der Waals surface area (Å²) in [5.41, 5.74) is 5.51. The number of unbranched alkanes of at least 4 members (excludes halogenated alkanes) is 1. The first-order valence-electron chi connectivity index (χ1n) is 14.9. The Kier molecular flexibility index (Phi) is 10.4. The van der Waals surface area contributed by atoms with Crippen LogP contribution in [0.4, 0.5) is 5.69 Å². The first-order valence-corrected chi connectivity index (χ1v) is 14.9. The molecule has 1 atom stereocenters. The van der Waals surface area contributed by atoms with E-state index in [1.807, 2.05) is 69.4 Å². The maximum Gasteiger partial charge on any atom is 0.340 e. The van der Waals surface area contributed by atoms with Crippen molar-refractivity contribution in [2.75, 3.05) is 24.6 Å². The number of hydrogen-bond acceptors (Lipinski definition) is 7. The zero-order valence-electron chi connectivity index (χ0n) is 25.5. The number of nitrogens with zero attached hydrogens (tertiary/aromatic N) is 3. The molecule has 0 bridgehead atoms. The molecule has 0 radical (unpaired) electrons. The van der Waals surface area contributed by atoms with E-state index in [1.165, 1.54) is 0 Å². The first kappa shape index (κ1) is 30.5. The second kappa shape index (κ2) is 13.9. The van der Waals surface area contributed by atoms with E-state index in [0.29, 0.717) is 19.0 Å². The Labute approximate surface area is 245 Å². The molecule has 1 saturated heterocycles. The second-order valence-electron chi connectivity index (χ2n) is 11.9. The summed E-state index contributed by atoms with van der Waals surface area (Å²) in [4.78, 5) is 25.4. The largest absolute Gasteiger partial charge is 0.487 e. The molecule has 1 aliphatic rings. The Morgan fingerprint density at radius 2 is 1.76 bits per heavy atom. The minimum absolute atomic E-state index is 0.249. The average molecular weight is 560 g/mol. The smallest absolute Gasteiger partial charge is 0.340 e. The Hall–Kier alpha value is -3.45. The zero-order valence-corrected chi connectivity index (χ0v) is 25.5. The average Bonchev–Trinajstić information content (AvgIpc) is 2.95. The molecule has 1 fully saturated rings. The lowest BCUT2D eigenvalue weighted by Gasteiger charge is -2.40. The third-order valence-electron chi connectivity index (χ3n) is 7.59. The number of benzene rings is 1. The topological polar surface area (TPSA) is 73.8 Å². The Morgan fingerprint density at radius 1 is 1.02 bits per heavy atom. The van der Waals surface area contributed by atoms with Gasteiger partial charge in [0.2, 0.25) is 0 Å². The molecule has 41 heavy (non-hydrogen) atoms. The molecule has 7 heteroatoms. The summed E-state index contributed by atoms with van der Waals surface area (Å²) in [6.07, 6.45) is 6.43. The third kappa shape index (κ3) is 8.07. The van der Waals surface area contributed by atoms with Gasteiger partial charge in [0, 0.05) is 42.7 Å². The number of pyridine rings is 2. The lowest BCUT2D eigenvalue weighted by Crippen LogP contribution is -2.39. The second-order valence-corrected chi connectivity index (χ2v) is 11.9. The number of aromatic nitrogens is 2. The monoisotopic (exact) mass is 559 g/mol. The molecule has 220 valence electrons. The molecule has 0 saturated carbocycles. The van der Waals surface area contributed by atoms with Crippen molar-refractivity contribution in [2.24, 2.45) is 5.41 Å². The number of rotatable bonds is 12. The lowest BCUT2D eigenvalue weighted by molar-refractivity contribution is -0.161. The highest BCUT2D eigenvalue weighted by molar-refractivity contribution is 5.86. The van der Waals surface area contributed by atoms with E-state index in [-0.39, 0.29) is 17.5 Å². The number of hydrogen-bond donors (Lipinski definition) is 0. The highest BCUT2D eigenvalue weighted by atomic mass is 16.6. The summed E-state index contributed by atoms with van der Waals surface area (Å²) >= 11 is 0. The van der Waals surface area contributed by atoms with Crippen LogP contribution in [-0.2, 0) is 20.9 Å². The molecule has 2 aromatic heterocycles. The standard InChI is InChI=1S/C34H45N3O4/c1-7-8-20-39-32(33(38)41-24(2)3)30-25(4)35-22-28(31(30)37-18-16-34(5,6)17-19-37)29-15-14-27(21-36-29)40-23-26-12-10-9-11-13-26/h9-15,21-22,24,32H,7-8,16-20,23H2,1-6H3/t32-/m0/s1. The molecule has 0 amide bonds. The van der Waals surface area contributed by atoms with Crippen molar-refractivity contribution in [3.63, 3.8) is 0 Å². The molecule has 1 aliphatic heterocycles. The molecule has 0 spiro atoms. The molecular formula is C34H45N3O4. The molecule has 3 aromatic rings. The predicted octanol–water partition coefficient (Wildman–Crippen LogP) is 7.47. The van der Waals surface area contributed by atoms with Crippen LogP contribution < -0.4 is 9.64 Å². The number of esters is 1. The van der Waals surface area contributed by atoms with E-state index in [9.17, 15) is 4.79 Å². The van der Waals surface area contributed by atoms with E-state index in [2.05, 4.69) is 25.7 Å². The van der Waals surface area contributed by atoms with E-state index in [0.717, 1.165) is 72.5 Å². The Balaban J connectivity index is 1.74. The van der Waals surface area contributed by atoms with Gasteiger partial charge < -0.3 is 19.1 Å². The summed E-state index contributed by atoms with van der Waals surface area (Å²) in [6.45, 7) is 15.1. The molecule has 0 aliphatic carbocycles. The van der Waals surface area contributed by atoms with Gasteiger partial charge in [-0.3, -0.25) is 9.97 Å². The lowest BCUT2D eigenvalue weighted by atomic mass is 9.82. The van der Waals surface area contributed by atoms with Crippen LogP contribution in [0.5, 0.6) is 5.75 Å². The van der Waals surface area contributed by atoms with Crippen LogP contribution in [0.25, 0.3) is 11.3 Å². The van der Waals surface area contributed by atoms with Crippen LogP contribution in [-0.4, -0.2) is 41.7 Å². The zero-order chi connectivity index (χ0) is 29.4. The summed E-state index contributed by atoms with van der Waals surface area (Å²) < 4.78 is 18.0. The first-order chi connectivity index (χ1) is 19.7. The number of anilines is 1. The van der Waals surface area contributed by atoms with Crippen molar-refractivity contribution in [3.05, 3.63) is 71.7 Å². The summed E-state index contributed by atoms with van der Waals surface area (Å²) in [5, 5.41) is 0. The molecule has 3 heterocycles. The fraction of sp³-hybridized carbons (Fsp3) is 0.500. The third-order valence-corrected chi connectivity index (χ3v) is 7.59. The SMILES string of the molecule is CCCCO[C@H](C(=O)OC(C)C)c1c(C)ncc(-c2ccc(OCc3ccccc3)cn2)c1N1CCC(C)(C)CC1. The molecule has 1 aromatic carbocycles. The van der Waals surface area contributed by atoms with Gasteiger partial charge in [0.05, 0.1) is 23.7 Å². The van der Waals surface area contributed by atoms with Gasteiger partial charge in [-0.1, -0.05) is 57.5 Å². The van der Waals surface area contributed by atoms with Crippen molar-refractivity contribution in [3.8, 4) is 17.0 Å². The Morgan fingerprint density at radius 3 is 2.39 bits per heavy atom. The number of ether oxygens (including phenoxy) is 3. The van der Waals surface area contributed by atoms with Crippen LogP contribution in [0, 0.1) is 12.3 Å². The normalized spacial score (nSPS) is 15.5. The van der Waals surface area contributed by atoms with Crippen molar-refractivity contribution < 1.29 is 19.0 Å². The van der Waals surface area contributed by atoms with Crippen LogP contribution in [0.2, 0.25) is 0 Å². The number of carbonyl (C=O) groups excluding carboxylic acids is 1. The van der Waals surface area contributed by atoms with Gasteiger partial charge in [-0.25, -0.2) is 4.79 Å². The van der Waals surface area contributed by atoms with Crippen LogP contribution >= 0.6 is 0 Å². The van der Waals surface area contributed by atoms with Crippen LogP contribution in [0.15, 0.2) is 54.9 Å². The number of piperidine rings is 1. The van der Waals surface area contributed by atoms with Crippen molar-refractivity contribution in [1.82, 2.24) is 9.97 Å². The van der Waals surface area contributed by atoms with Crippen molar-refractivity contribution in [1.29, 1.82) is 0 Å². The van der Waals surface area contributed by atoms with Crippen LogP contribution in [0.3, 0.4) is 0 Å². The van der Waals surface area contributed by atoms with Gasteiger partial charge in [0.1, 0.15) is 12.4 Å². The van der Waals surface area contributed by atoms with Gasteiger partial charge in [-0.05, 0) is 63.1 Å². The van der Waals surface area contributed by atoms with E-state index >= 15 is 0 Å². The minimum Gasteiger partial charge on any atom is -0.487 e. The molecule has 0 unspecified atom stereocenters. The van der Waals surface area contributed by atoms with Crippen molar-refractivity contribution >= 4 is 11.7 Å². The highest BCUT2D eigenvalue weighted by Gasteiger charge is 2.35. The fourth-order valence-corrected chi connectivity index (χ4v) is 5.06. The molecule has 7 nitrogen and oxygen atoms in total. The minimum atomic E-state index is -0.866. The maximum absolute atomic E-state index is 13.5. The van der Waals surface area contributed by atoms with E-state index in [4.69, 9.17) is 24.2 Å². The maximum atomic E-state index is 13.5. The number of aryl methyl sites for hydroxylation is 1. The van der Waals surface area contributed by atoms with Crippen molar-refractivity contribution in [2.45, 2.75) is 86.0 Å². The quantitative estimate of drug-likeness (QED) is 0.168. The summed E-state index contributed by atoms with van der Waals surface area (Å²) in [5.74, 6) is 0.315.